The largest absolute Gasteiger partial charge is 0.443 e. The van der Waals surface area contributed by atoms with Crippen molar-refractivity contribution in [3.63, 3.8) is 0 Å². The van der Waals surface area contributed by atoms with Gasteiger partial charge in [-0.15, -0.1) is 11.3 Å². The molecule has 2 heterocycles. The Kier molecular flexibility index (Phi) is 1.91. The van der Waals surface area contributed by atoms with Gasteiger partial charge >= 0.3 is 0 Å². The topological polar surface area (TPSA) is 38.9 Å². The van der Waals surface area contributed by atoms with Crippen molar-refractivity contribution in [2.75, 3.05) is 0 Å². The molecule has 0 aliphatic carbocycles. The lowest BCUT2D eigenvalue weighted by molar-refractivity contribution is 0.573. The molecule has 0 bridgehead atoms. The molecule has 2 aromatic rings. The predicted octanol–water partition coefficient (Wildman–Crippen LogP) is 2.36. The van der Waals surface area contributed by atoms with Crippen LogP contribution in [0.25, 0.3) is 10.6 Å². The second kappa shape index (κ2) is 3.06. The van der Waals surface area contributed by atoms with Gasteiger partial charge in [-0.2, -0.15) is 0 Å². The lowest BCUT2D eigenvalue weighted by atomic mass is 10.4. The van der Waals surface area contributed by atoms with E-state index in [4.69, 9.17) is 4.42 Å². The van der Waals surface area contributed by atoms with Gasteiger partial charge in [0.2, 0.25) is 0 Å². The molecule has 0 aliphatic heterocycles. The van der Waals surface area contributed by atoms with Crippen molar-refractivity contribution < 1.29 is 4.42 Å². The van der Waals surface area contributed by atoms with Gasteiger partial charge < -0.3 is 4.42 Å². The molecule has 0 unspecified atom stereocenters. The fourth-order valence-electron chi connectivity index (χ4n) is 0.925. The van der Waals surface area contributed by atoms with Gasteiger partial charge in [0.15, 0.2) is 12.2 Å². The van der Waals surface area contributed by atoms with Crippen molar-refractivity contribution in [1.29, 1.82) is 0 Å². The van der Waals surface area contributed by atoms with E-state index in [1.54, 1.807) is 17.5 Å². The number of nitrogens with zero attached hydrogens (tertiary/aromatic N) is 2. The van der Waals surface area contributed by atoms with Crippen LogP contribution in [0.5, 0.6) is 0 Å². The SMILES string of the molecule is CCc1ncc(-c2cnco2)s1. The van der Waals surface area contributed by atoms with E-state index < -0.39 is 0 Å². The van der Waals surface area contributed by atoms with Gasteiger partial charge in [-0.3, -0.25) is 0 Å². The maximum absolute atomic E-state index is 5.14. The standard InChI is InChI=1S/C8H8N2OS/c1-2-8-10-4-7(12-8)6-3-9-5-11-6/h3-5H,2H2,1H3. The van der Waals surface area contributed by atoms with E-state index in [1.807, 2.05) is 6.20 Å². The van der Waals surface area contributed by atoms with Gasteiger partial charge in [0.25, 0.3) is 0 Å². The van der Waals surface area contributed by atoms with Crippen molar-refractivity contribution >= 4 is 11.3 Å². The fourth-order valence-corrected chi connectivity index (χ4v) is 1.74. The number of hydrogen-bond donors (Lipinski definition) is 0. The fraction of sp³-hybridized carbons (Fsp3) is 0.250. The third-order valence-corrected chi connectivity index (χ3v) is 2.69. The molecule has 0 amide bonds. The summed E-state index contributed by atoms with van der Waals surface area (Å²) in [5.41, 5.74) is 0. The molecule has 2 aromatic heterocycles. The van der Waals surface area contributed by atoms with Crippen LogP contribution < -0.4 is 0 Å². The summed E-state index contributed by atoms with van der Waals surface area (Å²) in [6, 6.07) is 0. The zero-order valence-electron chi connectivity index (χ0n) is 6.65. The first kappa shape index (κ1) is 7.49. The smallest absolute Gasteiger partial charge is 0.181 e. The van der Waals surface area contributed by atoms with Crippen molar-refractivity contribution in [2.24, 2.45) is 0 Å². The van der Waals surface area contributed by atoms with Crippen LogP contribution in [0.4, 0.5) is 0 Å². The van der Waals surface area contributed by atoms with Crippen LogP contribution in [0, 0.1) is 0 Å². The molecule has 62 valence electrons. The van der Waals surface area contributed by atoms with Crippen molar-refractivity contribution in [2.45, 2.75) is 13.3 Å². The van der Waals surface area contributed by atoms with Gasteiger partial charge in [-0.05, 0) is 6.42 Å². The molecule has 0 fully saturated rings. The third kappa shape index (κ3) is 1.25. The Morgan fingerprint density at radius 2 is 2.42 bits per heavy atom. The molecule has 0 saturated heterocycles. The summed E-state index contributed by atoms with van der Waals surface area (Å²) < 4.78 is 5.14. The monoisotopic (exact) mass is 180 g/mol. The third-order valence-electron chi connectivity index (χ3n) is 1.53. The Balaban J connectivity index is 2.35. The Hall–Kier alpha value is -1.16. The Labute approximate surface area is 74.1 Å². The van der Waals surface area contributed by atoms with E-state index in [2.05, 4.69) is 16.9 Å². The highest BCUT2D eigenvalue weighted by Crippen LogP contribution is 2.25. The Bertz CT molecular complexity index is 353. The Morgan fingerprint density at radius 1 is 1.50 bits per heavy atom. The summed E-state index contributed by atoms with van der Waals surface area (Å²) in [6.45, 7) is 2.09. The highest BCUT2D eigenvalue weighted by molar-refractivity contribution is 7.15. The minimum atomic E-state index is 0.798. The van der Waals surface area contributed by atoms with Gasteiger partial charge in [-0.25, -0.2) is 9.97 Å². The number of hydrogen-bond acceptors (Lipinski definition) is 4. The number of oxazole rings is 1. The second-order valence-corrected chi connectivity index (χ2v) is 3.45. The van der Waals surface area contributed by atoms with Crippen LogP contribution in [-0.2, 0) is 6.42 Å². The molecule has 2 rings (SSSR count). The quantitative estimate of drug-likeness (QED) is 0.712. The average Bonchev–Trinajstić information content (AvgIpc) is 2.75. The summed E-state index contributed by atoms with van der Waals surface area (Å²) in [6.07, 6.45) is 5.93. The first-order chi connectivity index (χ1) is 5.90. The van der Waals surface area contributed by atoms with Crippen LogP contribution in [0.2, 0.25) is 0 Å². The first-order valence-corrected chi connectivity index (χ1v) is 4.55. The number of aryl methyl sites for hydroxylation is 1. The highest BCUT2D eigenvalue weighted by atomic mass is 32.1. The number of rotatable bonds is 2. The van der Waals surface area contributed by atoms with Gasteiger partial charge in [0.1, 0.15) is 0 Å². The summed E-state index contributed by atoms with van der Waals surface area (Å²) in [4.78, 5) is 9.11. The molecule has 0 spiro atoms. The van der Waals surface area contributed by atoms with Crippen LogP contribution in [-0.4, -0.2) is 9.97 Å². The predicted molar refractivity (Wildman–Crippen MR) is 47.0 cm³/mol. The minimum absolute atomic E-state index is 0.798. The van der Waals surface area contributed by atoms with E-state index >= 15 is 0 Å². The number of thiazole rings is 1. The summed E-state index contributed by atoms with van der Waals surface area (Å²) in [7, 11) is 0. The maximum atomic E-state index is 5.14. The molecule has 0 saturated carbocycles. The molecule has 0 N–H and O–H groups in total. The van der Waals surface area contributed by atoms with E-state index in [0.717, 1.165) is 22.1 Å². The maximum Gasteiger partial charge on any atom is 0.181 e. The lowest BCUT2D eigenvalue weighted by Crippen LogP contribution is -1.70. The Morgan fingerprint density at radius 3 is 3.00 bits per heavy atom. The first-order valence-electron chi connectivity index (χ1n) is 3.73. The number of aromatic nitrogens is 2. The molecule has 3 nitrogen and oxygen atoms in total. The molecule has 0 radical (unpaired) electrons. The summed E-state index contributed by atoms with van der Waals surface area (Å²) in [5, 5.41) is 1.13. The second-order valence-electron chi connectivity index (χ2n) is 2.34. The summed E-state index contributed by atoms with van der Waals surface area (Å²) in [5.74, 6) is 0.798. The zero-order chi connectivity index (χ0) is 8.39. The minimum Gasteiger partial charge on any atom is -0.443 e. The molecule has 12 heavy (non-hydrogen) atoms. The van der Waals surface area contributed by atoms with Gasteiger partial charge in [0.05, 0.1) is 16.1 Å². The van der Waals surface area contributed by atoms with Gasteiger partial charge in [0, 0.05) is 6.20 Å². The van der Waals surface area contributed by atoms with Crippen molar-refractivity contribution in [3.05, 3.63) is 23.8 Å². The molecule has 4 heteroatoms. The molecule has 0 atom stereocenters. The highest BCUT2D eigenvalue weighted by Gasteiger charge is 2.05. The van der Waals surface area contributed by atoms with Gasteiger partial charge in [-0.1, -0.05) is 6.92 Å². The molecule has 0 aliphatic rings. The zero-order valence-corrected chi connectivity index (χ0v) is 7.47. The van der Waals surface area contributed by atoms with Crippen LogP contribution in [0.1, 0.15) is 11.9 Å². The lowest BCUT2D eigenvalue weighted by Gasteiger charge is -1.84. The summed E-state index contributed by atoms with van der Waals surface area (Å²) >= 11 is 1.65. The normalized spacial score (nSPS) is 10.4. The van der Waals surface area contributed by atoms with E-state index in [9.17, 15) is 0 Å². The van der Waals surface area contributed by atoms with Crippen LogP contribution in [0.15, 0.2) is 23.2 Å². The molecular formula is C8H8N2OS. The van der Waals surface area contributed by atoms with Crippen LogP contribution in [0.3, 0.4) is 0 Å². The van der Waals surface area contributed by atoms with Crippen molar-refractivity contribution in [1.82, 2.24) is 9.97 Å². The average molecular weight is 180 g/mol. The molecular weight excluding hydrogens is 172 g/mol. The van der Waals surface area contributed by atoms with E-state index in [1.165, 1.54) is 6.39 Å². The molecule has 0 aromatic carbocycles. The van der Waals surface area contributed by atoms with E-state index in [0.29, 0.717) is 0 Å². The van der Waals surface area contributed by atoms with Crippen molar-refractivity contribution in [3.8, 4) is 10.6 Å². The van der Waals surface area contributed by atoms with E-state index in [-0.39, 0.29) is 0 Å². The van der Waals surface area contributed by atoms with Crippen LogP contribution >= 0.6 is 11.3 Å².